The summed E-state index contributed by atoms with van der Waals surface area (Å²) in [5, 5.41) is 10.2. The summed E-state index contributed by atoms with van der Waals surface area (Å²) in [6.45, 7) is 7.25. The summed E-state index contributed by atoms with van der Waals surface area (Å²) in [5.41, 5.74) is 0.940. The maximum atomic E-state index is 12.9. The molecule has 2 rings (SSSR count). The quantitative estimate of drug-likeness (QED) is 0.854. The number of halogens is 1. The van der Waals surface area contributed by atoms with E-state index in [9.17, 15) is 9.50 Å². The van der Waals surface area contributed by atoms with E-state index >= 15 is 0 Å². The van der Waals surface area contributed by atoms with E-state index in [1.807, 2.05) is 6.92 Å². The molecule has 1 unspecified atom stereocenters. The Labute approximate surface area is 119 Å². The first-order valence-electron chi connectivity index (χ1n) is 7.17. The molecule has 0 bridgehead atoms. The molecule has 1 aliphatic rings. The highest BCUT2D eigenvalue weighted by atomic mass is 19.1. The second-order valence-corrected chi connectivity index (χ2v) is 5.08. The molecule has 1 atom stereocenters. The van der Waals surface area contributed by atoms with Gasteiger partial charge in [0.15, 0.2) is 0 Å². The van der Waals surface area contributed by atoms with Crippen molar-refractivity contribution < 1.29 is 14.2 Å². The Bertz CT molecular complexity index is 393. The van der Waals surface area contributed by atoms with Crippen molar-refractivity contribution in [2.75, 3.05) is 50.8 Å². The molecule has 0 spiro atoms. The summed E-state index contributed by atoms with van der Waals surface area (Å²) in [6, 6.07) is 6.40. The Morgan fingerprint density at radius 3 is 2.55 bits per heavy atom. The molecule has 1 aromatic carbocycles. The number of ether oxygens (including phenoxy) is 1. The van der Waals surface area contributed by atoms with Crippen LogP contribution in [0.15, 0.2) is 24.3 Å². The summed E-state index contributed by atoms with van der Waals surface area (Å²) < 4.78 is 18.2. The molecule has 4 nitrogen and oxygen atoms in total. The second-order valence-electron chi connectivity index (χ2n) is 5.08. The van der Waals surface area contributed by atoms with E-state index in [1.165, 1.54) is 12.1 Å². The number of likely N-dealkylation sites (N-methyl/N-ethyl adjacent to an activating group) is 1. The van der Waals surface area contributed by atoms with Crippen molar-refractivity contribution in [2.45, 2.75) is 13.0 Å². The zero-order valence-corrected chi connectivity index (χ0v) is 12.0. The number of aliphatic hydroxyl groups is 1. The molecule has 1 aromatic rings. The molecular formula is C15H23FN2O2. The van der Waals surface area contributed by atoms with Crippen LogP contribution in [0.4, 0.5) is 10.1 Å². The van der Waals surface area contributed by atoms with Gasteiger partial charge < -0.3 is 14.7 Å². The van der Waals surface area contributed by atoms with E-state index in [0.717, 1.165) is 38.5 Å². The summed E-state index contributed by atoms with van der Waals surface area (Å²) in [5.74, 6) is -0.237. The number of aliphatic hydroxyl groups excluding tert-OH is 1. The molecule has 1 saturated heterocycles. The minimum atomic E-state index is -0.418. The fourth-order valence-electron chi connectivity index (χ4n) is 2.46. The van der Waals surface area contributed by atoms with Gasteiger partial charge in [-0.15, -0.1) is 0 Å². The molecule has 112 valence electrons. The summed E-state index contributed by atoms with van der Waals surface area (Å²) in [6.07, 6.45) is -0.418. The van der Waals surface area contributed by atoms with Crippen LogP contribution in [-0.4, -0.2) is 62.0 Å². The maximum Gasteiger partial charge on any atom is 0.123 e. The van der Waals surface area contributed by atoms with Gasteiger partial charge in [0.25, 0.3) is 0 Å². The average molecular weight is 282 g/mol. The fourth-order valence-corrected chi connectivity index (χ4v) is 2.46. The molecule has 1 N–H and O–H groups in total. The van der Waals surface area contributed by atoms with Crippen LogP contribution in [0.1, 0.15) is 6.92 Å². The lowest BCUT2D eigenvalue weighted by atomic mass is 10.2. The van der Waals surface area contributed by atoms with Gasteiger partial charge in [0.2, 0.25) is 0 Å². The van der Waals surface area contributed by atoms with E-state index in [0.29, 0.717) is 13.1 Å². The number of anilines is 1. The lowest BCUT2D eigenvalue weighted by Gasteiger charge is -2.31. The standard InChI is InChI=1S/C15H23FN2O2/c1-2-18(14-5-3-13(16)4-6-14)12-15(19)11-17-7-9-20-10-8-17/h3-6,15,19H,2,7-12H2,1H3. The van der Waals surface area contributed by atoms with Crippen LogP contribution >= 0.6 is 0 Å². The molecule has 0 aliphatic carbocycles. The van der Waals surface area contributed by atoms with Gasteiger partial charge in [0, 0.05) is 38.4 Å². The lowest BCUT2D eigenvalue weighted by Crippen LogP contribution is -2.44. The molecule has 20 heavy (non-hydrogen) atoms. The number of benzene rings is 1. The first-order chi connectivity index (χ1) is 9.69. The van der Waals surface area contributed by atoms with Crippen LogP contribution in [0.3, 0.4) is 0 Å². The topological polar surface area (TPSA) is 35.9 Å². The van der Waals surface area contributed by atoms with Crippen LogP contribution in [0, 0.1) is 5.82 Å². The summed E-state index contributed by atoms with van der Waals surface area (Å²) in [7, 11) is 0. The number of morpholine rings is 1. The van der Waals surface area contributed by atoms with Crippen molar-refractivity contribution >= 4 is 5.69 Å². The Hall–Kier alpha value is -1.17. The first-order valence-corrected chi connectivity index (χ1v) is 7.17. The van der Waals surface area contributed by atoms with Gasteiger partial charge in [-0.25, -0.2) is 4.39 Å². The molecule has 1 aliphatic heterocycles. The minimum Gasteiger partial charge on any atom is -0.390 e. The third-order valence-electron chi connectivity index (χ3n) is 3.58. The highest BCUT2D eigenvalue weighted by Crippen LogP contribution is 2.15. The molecule has 0 radical (unpaired) electrons. The van der Waals surface area contributed by atoms with Gasteiger partial charge in [-0.05, 0) is 31.2 Å². The monoisotopic (exact) mass is 282 g/mol. The SMILES string of the molecule is CCN(CC(O)CN1CCOCC1)c1ccc(F)cc1. The summed E-state index contributed by atoms with van der Waals surface area (Å²) in [4.78, 5) is 4.28. The van der Waals surface area contributed by atoms with Crippen molar-refractivity contribution in [3.05, 3.63) is 30.1 Å². The second kappa shape index (κ2) is 7.57. The summed E-state index contributed by atoms with van der Waals surface area (Å²) >= 11 is 0. The van der Waals surface area contributed by atoms with E-state index < -0.39 is 6.10 Å². The van der Waals surface area contributed by atoms with E-state index in [2.05, 4.69) is 9.80 Å². The van der Waals surface area contributed by atoms with E-state index in [1.54, 1.807) is 12.1 Å². The fraction of sp³-hybridized carbons (Fsp3) is 0.600. The highest BCUT2D eigenvalue weighted by Gasteiger charge is 2.17. The number of β-amino-alcohol motifs (C(OH)–C–C–N with tert-alkyl or cyclic N) is 1. The predicted molar refractivity (Wildman–Crippen MR) is 77.6 cm³/mol. The third kappa shape index (κ3) is 4.44. The maximum absolute atomic E-state index is 12.9. The largest absolute Gasteiger partial charge is 0.390 e. The number of hydrogen-bond acceptors (Lipinski definition) is 4. The van der Waals surface area contributed by atoms with E-state index in [-0.39, 0.29) is 5.82 Å². The van der Waals surface area contributed by atoms with Crippen LogP contribution in [-0.2, 0) is 4.74 Å². The van der Waals surface area contributed by atoms with Gasteiger partial charge >= 0.3 is 0 Å². The van der Waals surface area contributed by atoms with Crippen molar-refractivity contribution in [2.24, 2.45) is 0 Å². The van der Waals surface area contributed by atoms with Gasteiger partial charge in [-0.1, -0.05) is 0 Å². The zero-order valence-electron chi connectivity index (χ0n) is 12.0. The molecule has 0 aromatic heterocycles. The van der Waals surface area contributed by atoms with Crippen LogP contribution < -0.4 is 4.90 Å². The van der Waals surface area contributed by atoms with Gasteiger partial charge in [0.05, 0.1) is 19.3 Å². The minimum absolute atomic E-state index is 0.237. The van der Waals surface area contributed by atoms with Crippen molar-refractivity contribution in [1.29, 1.82) is 0 Å². The van der Waals surface area contributed by atoms with Gasteiger partial charge in [-0.3, -0.25) is 4.90 Å². The van der Waals surface area contributed by atoms with Crippen LogP contribution in [0.25, 0.3) is 0 Å². The number of nitrogens with zero attached hydrogens (tertiary/aromatic N) is 2. The Kier molecular flexibility index (Phi) is 5.76. The van der Waals surface area contributed by atoms with Crippen LogP contribution in [0.2, 0.25) is 0 Å². The van der Waals surface area contributed by atoms with Crippen molar-refractivity contribution in [3.8, 4) is 0 Å². The molecule has 5 heteroatoms. The lowest BCUT2D eigenvalue weighted by molar-refractivity contribution is 0.0161. The Morgan fingerprint density at radius 2 is 1.95 bits per heavy atom. The Morgan fingerprint density at radius 1 is 1.30 bits per heavy atom. The first kappa shape index (κ1) is 15.2. The van der Waals surface area contributed by atoms with Gasteiger partial charge in [-0.2, -0.15) is 0 Å². The highest BCUT2D eigenvalue weighted by molar-refractivity contribution is 5.46. The molecular weight excluding hydrogens is 259 g/mol. The Balaban J connectivity index is 1.86. The third-order valence-corrected chi connectivity index (χ3v) is 3.58. The predicted octanol–water partition coefficient (Wildman–Crippen LogP) is 1.35. The van der Waals surface area contributed by atoms with Crippen LogP contribution in [0.5, 0.6) is 0 Å². The van der Waals surface area contributed by atoms with Crippen molar-refractivity contribution in [3.63, 3.8) is 0 Å². The number of hydrogen-bond donors (Lipinski definition) is 1. The van der Waals surface area contributed by atoms with Crippen molar-refractivity contribution in [1.82, 2.24) is 4.90 Å². The average Bonchev–Trinajstić information content (AvgIpc) is 2.47. The number of rotatable bonds is 6. The van der Waals surface area contributed by atoms with Gasteiger partial charge in [0.1, 0.15) is 5.82 Å². The molecule has 1 fully saturated rings. The van der Waals surface area contributed by atoms with E-state index in [4.69, 9.17) is 4.74 Å². The molecule has 1 heterocycles. The molecule has 0 amide bonds. The molecule has 0 saturated carbocycles. The smallest absolute Gasteiger partial charge is 0.123 e. The normalized spacial score (nSPS) is 17.9. The zero-order chi connectivity index (χ0) is 14.4.